The van der Waals surface area contributed by atoms with Crippen LogP contribution in [-0.2, 0) is 4.79 Å². The second kappa shape index (κ2) is 5.60. The van der Waals surface area contributed by atoms with Crippen molar-refractivity contribution in [2.75, 3.05) is 0 Å². The maximum atomic E-state index is 14.1. The van der Waals surface area contributed by atoms with E-state index in [9.17, 15) is 13.6 Å². The van der Waals surface area contributed by atoms with Crippen molar-refractivity contribution >= 4 is 5.97 Å². The van der Waals surface area contributed by atoms with E-state index in [1.807, 2.05) is 0 Å². The van der Waals surface area contributed by atoms with E-state index in [2.05, 4.69) is 0 Å². The first-order valence-corrected chi connectivity index (χ1v) is 6.08. The van der Waals surface area contributed by atoms with Crippen molar-refractivity contribution in [3.63, 3.8) is 0 Å². The molecule has 0 amide bonds. The molecule has 4 heteroatoms. The topological polar surface area (TPSA) is 37.3 Å². The van der Waals surface area contributed by atoms with Gasteiger partial charge in [-0.2, -0.15) is 0 Å². The molecule has 0 aromatic carbocycles. The minimum Gasteiger partial charge on any atom is -0.481 e. The van der Waals surface area contributed by atoms with Gasteiger partial charge in [0.1, 0.15) is 0 Å². The fourth-order valence-corrected chi connectivity index (χ4v) is 2.58. The van der Waals surface area contributed by atoms with Gasteiger partial charge in [-0.15, -0.1) is 0 Å². The van der Waals surface area contributed by atoms with Crippen molar-refractivity contribution in [1.29, 1.82) is 0 Å². The van der Waals surface area contributed by atoms with Gasteiger partial charge in [0.25, 0.3) is 5.92 Å². The fourth-order valence-electron chi connectivity index (χ4n) is 2.58. The Morgan fingerprint density at radius 1 is 1.38 bits per heavy atom. The molecular formula is C12H20F2O2. The molecule has 1 aliphatic carbocycles. The standard InChI is InChI=1S/C12H20F2O2/c1-2-9(8-11(15)16)12(13,14)10-6-4-3-5-7-10/h9-10H,2-8H2,1H3,(H,15,16). The van der Waals surface area contributed by atoms with Crippen LogP contribution in [0, 0.1) is 11.8 Å². The van der Waals surface area contributed by atoms with Crippen LogP contribution < -0.4 is 0 Å². The molecule has 1 rings (SSSR count). The molecule has 1 aliphatic rings. The second-order valence-electron chi connectivity index (χ2n) is 4.71. The van der Waals surface area contributed by atoms with E-state index in [-0.39, 0.29) is 6.42 Å². The molecule has 0 radical (unpaired) electrons. The predicted octanol–water partition coefficient (Wildman–Crippen LogP) is 3.70. The summed E-state index contributed by atoms with van der Waals surface area (Å²) in [5, 5.41) is 8.64. The largest absolute Gasteiger partial charge is 0.481 e. The Bertz CT molecular complexity index is 235. The average molecular weight is 234 g/mol. The monoisotopic (exact) mass is 234 g/mol. The van der Waals surface area contributed by atoms with E-state index in [0.717, 1.165) is 19.3 Å². The molecule has 1 fully saturated rings. The first-order valence-electron chi connectivity index (χ1n) is 6.08. The summed E-state index contributed by atoms with van der Waals surface area (Å²) in [7, 11) is 0. The average Bonchev–Trinajstić information content (AvgIpc) is 2.26. The van der Waals surface area contributed by atoms with Crippen LogP contribution in [0.15, 0.2) is 0 Å². The molecule has 2 nitrogen and oxygen atoms in total. The molecule has 0 bridgehead atoms. The third-order valence-corrected chi connectivity index (χ3v) is 3.61. The quantitative estimate of drug-likeness (QED) is 0.787. The molecule has 94 valence electrons. The number of carboxylic acids is 1. The Morgan fingerprint density at radius 2 is 1.94 bits per heavy atom. The zero-order valence-electron chi connectivity index (χ0n) is 9.72. The fraction of sp³-hybridized carbons (Fsp3) is 0.917. The highest BCUT2D eigenvalue weighted by Gasteiger charge is 2.46. The van der Waals surface area contributed by atoms with Gasteiger partial charge in [-0.3, -0.25) is 4.79 Å². The minimum absolute atomic E-state index is 0.232. The summed E-state index contributed by atoms with van der Waals surface area (Å²) < 4.78 is 28.1. The highest BCUT2D eigenvalue weighted by Crippen LogP contribution is 2.43. The number of halogens is 2. The molecule has 16 heavy (non-hydrogen) atoms. The van der Waals surface area contributed by atoms with Crippen molar-refractivity contribution in [2.24, 2.45) is 11.8 Å². The number of hydrogen-bond donors (Lipinski definition) is 1. The first kappa shape index (κ1) is 13.4. The van der Waals surface area contributed by atoms with Gasteiger partial charge < -0.3 is 5.11 Å². The molecule has 0 spiro atoms. The summed E-state index contributed by atoms with van der Waals surface area (Å²) in [6.45, 7) is 1.64. The van der Waals surface area contributed by atoms with Crippen LogP contribution in [0.5, 0.6) is 0 Å². The summed E-state index contributed by atoms with van der Waals surface area (Å²) in [5.41, 5.74) is 0. The van der Waals surface area contributed by atoms with Crippen LogP contribution in [0.2, 0.25) is 0 Å². The lowest BCUT2D eigenvalue weighted by molar-refractivity contribution is -0.151. The van der Waals surface area contributed by atoms with Gasteiger partial charge in [-0.05, 0) is 19.3 Å². The third-order valence-electron chi connectivity index (χ3n) is 3.61. The molecule has 0 saturated heterocycles. The zero-order valence-corrected chi connectivity index (χ0v) is 9.72. The van der Waals surface area contributed by atoms with Gasteiger partial charge in [0, 0.05) is 11.8 Å². The van der Waals surface area contributed by atoms with Crippen molar-refractivity contribution in [1.82, 2.24) is 0 Å². The van der Waals surface area contributed by atoms with Crippen molar-refractivity contribution < 1.29 is 18.7 Å². The summed E-state index contributed by atoms with van der Waals surface area (Å²) in [5.74, 6) is -5.55. The number of aliphatic carboxylic acids is 1. The molecule has 1 N–H and O–H groups in total. The molecule has 0 aliphatic heterocycles. The van der Waals surface area contributed by atoms with E-state index in [4.69, 9.17) is 5.11 Å². The van der Waals surface area contributed by atoms with E-state index in [1.165, 1.54) is 0 Å². The van der Waals surface area contributed by atoms with Gasteiger partial charge in [0.05, 0.1) is 6.42 Å². The third kappa shape index (κ3) is 3.16. The van der Waals surface area contributed by atoms with Crippen molar-refractivity contribution in [3.05, 3.63) is 0 Å². The zero-order chi connectivity index (χ0) is 12.2. The van der Waals surface area contributed by atoms with Crippen molar-refractivity contribution in [2.45, 2.75) is 57.8 Å². The Balaban J connectivity index is 2.67. The number of hydrogen-bond acceptors (Lipinski definition) is 1. The Morgan fingerprint density at radius 3 is 2.38 bits per heavy atom. The molecular weight excluding hydrogens is 214 g/mol. The normalized spacial score (nSPS) is 20.7. The molecule has 0 aromatic heterocycles. The van der Waals surface area contributed by atoms with Gasteiger partial charge in [-0.25, -0.2) is 8.78 Å². The van der Waals surface area contributed by atoms with Gasteiger partial charge >= 0.3 is 5.97 Å². The molecule has 1 unspecified atom stereocenters. The van der Waals surface area contributed by atoms with Crippen LogP contribution in [0.25, 0.3) is 0 Å². The highest BCUT2D eigenvalue weighted by atomic mass is 19.3. The SMILES string of the molecule is CCC(CC(=O)O)C(F)(F)C1CCCCC1. The molecule has 0 aromatic rings. The number of rotatable bonds is 5. The number of carboxylic acid groups (broad SMARTS) is 1. The Kier molecular flexibility index (Phi) is 4.69. The molecule has 1 atom stereocenters. The minimum atomic E-state index is -2.81. The first-order chi connectivity index (χ1) is 7.48. The van der Waals surface area contributed by atoms with Gasteiger partial charge in [-0.1, -0.05) is 26.2 Å². The maximum absolute atomic E-state index is 14.1. The van der Waals surface area contributed by atoms with Gasteiger partial charge in [0.2, 0.25) is 0 Å². The summed E-state index contributed by atoms with van der Waals surface area (Å²) in [6, 6.07) is 0. The number of alkyl halides is 2. The van der Waals surface area contributed by atoms with Crippen molar-refractivity contribution in [3.8, 4) is 0 Å². The van der Waals surface area contributed by atoms with Crippen LogP contribution in [0.3, 0.4) is 0 Å². The lowest BCUT2D eigenvalue weighted by Gasteiger charge is -2.34. The predicted molar refractivity (Wildman–Crippen MR) is 57.6 cm³/mol. The van der Waals surface area contributed by atoms with Crippen LogP contribution in [-0.4, -0.2) is 17.0 Å². The van der Waals surface area contributed by atoms with E-state index < -0.39 is 30.1 Å². The van der Waals surface area contributed by atoms with E-state index in [0.29, 0.717) is 12.8 Å². The van der Waals surface area contributed by atoms with Crippen LogP contribution in [0.4, 0.5) is 8.78 Å². The van der Waals surface area contributed by atoms with Crippen LogP contribution >= 0.6 is 0 Å². The van der Waals surface area contributed by atoms with E-state index >= 15 is 0 Å². The van der Waals surface area contributed by atoms with Crippen LogP contribution in [0.1, 0.15) is 51.9 Å². The van der Waals surface area contributed by atoms with E-state index in [1.54, 1.807) is 6.92 Å². The number of carbonyl (C=O) groups is 1. The highest BCUT2D eigenvalue weighted by molar-refractivity contribution is 5.67. The lowest BCUT2D eigenvalue weighted by atomic mass is 9.77. The Hall–Kier alpha value is -0.670. The second-order valence-corrected chi connectivity index (χ2v) is 4.71. The van der Waals surface area contributed by atoms with Gasteiger partial charge in [0.15, 0.2) is 0 Å². The summed E-state index contributed by atoms with van der Waals surface area (Å²) in [4.78, 5) is 10.6. The lowest BCUT2D eigenvalue weighted by Crippen LogP contribution is -2.38. The molecule has 0 heterocycles. The Labute approximate surface area is 95.0 Å². The maximum Gasteiger partial charge on any atom is 0.303 e. The smallest absolute Gasteiger partial charge is 0.303 e. The molecule has 1 saturated carbocycles. The summed E-state index contributed by atoms with van der Waals surface area (Å²) >= 11 is 0. The summed E-state index contributed by atoms with van der Waals surface area (Å²) in [6.07, 6.45) is 3.64.